The average Bonchev–Trinajstić information content (AvgIpc) is 2.28. The smallest absolute Gasteiger partial charge is 0.211 e. The molecule has 0 bridgehead atoms. The number of sulfonamides is 1. The highest BCUT2D eigenvalue weighted by Gasteiger charge is 2.22. The van der Waals surface area contributed by atoms with E-state index in [0.717, 1.165) is 19.6 Å². The summed E-state index contributed by atoms with van der Waals surface area (Å²) in [6, 6.07) is 0.562. The zero-order valence-electron chi connectivity index (χ0n) is 11.1. The molecule has 1 aliphatic heterocycles. The zero-order valence-corrected chi connectivity index (χ0v) is 12.0. The highest BCUT2D eigenvalue weighted by Crippen LogP contribution is 2.07. The van der Waals surface area contributed by atoms with Crippen LogP contribution in [0.3, 0.4) is 0 Å². The molecule has 1 atom stereocenters. The van der Waals surface area contributed by atoms with Crippen LogP contribution >= 0.6 is 0 Å². The maximum absolute atomic E-state index is 11.3. The van der Waals surface area contributed by atoms with Crippen molar-refractivity contribution >= 4 is 10.0 Å². The average molecular weight is 263 g/mol. The second kappa shape index (κ2) is 6.68. The van der Waals surface area contributed by atoms with Crippen LogP contribution in [-0.4, -0.2) is 69.7 Å². The minimum absolute atomic E-state index is 0.562. The van der Waals surface area contributed by atoms with Crippen LogP contribution in [0.25, 0.3) is 0 Å². The van der Waals surface area contributed by atoms with Crippen molar-refractivity contribution in [1.82, 2.24) is 14.5 Å². The van der Waals surface area contributed by atoms with E-state index in [-0.39, 0.29) is 0 Å². The fourth-order valence-electron chi connectivity index (χ4n) is 2.05. The van der Waals surface area contributed by atoms with Crippen LogP contribution in [0.5, 0.6) is 0 Å². The molecule has 17 heavy (non-hydrogen) atoms. The number of nitrogens with zero attached hydrogens (tertiary/aromatic N) is 2. The summed E-state index contributed by atoms with van der Waals surface area (Å²) in [6.07, 6.45) is 3.63. The van der Waals surface area contributed by atoms with Crippen molar-refractivity contribution in [1.29, 1.82) is 0 Å². The van der Waals surface area contributed by atoms with Gasteiger partial charge < -0.3 is 10.2 Å². The summed E-state index contributed by atoms with van der Waals surface area (Å²) in [5.74, 6) is 0. The van der Waals surface area contributed by atoms with Gasteiger partial charge in [-0.1, -0.05) is 0 Å². The summed E-state index contributed by atoms with van der Waals surface area (Å²) in [7, 11) is -1.01. The molecule has 0 aliphatic carbocycles. The van der Waals surface area contributed by atoms with Crippen LogP contribution in [0.2, 0.25) is 0 Å². The van der Waals surface area contributed by atoms with Gasteiger partial charge in [0, 0.05) is 32.2 Å². The van der Waals surface area contributed by atoms with Gasteiger partial charge in [0.05, 0.1) is 6.26 Å². The third-order valence-corrected chi connectivity index (χ3v) is 4.71. The lowest BCUT2D eigenvalue weighted by atomic mass is 10.2. The van der Waals surface area contributed by atoms with Crippen LogP contribution < -0.4 is 5.32 Å². The Morgan fingerprint density at radius 2 is 1.82 bits per heavy atom. The van der Waals surface area contributed by atoms with Crippen molar-refractivity contribution in [2.75, 3.05) is 46.0 Å². The Kier molecular flexibility index (Phi) is 5.85. The molecule has 0 aromatic rings. The molecule has 0 saturated carbocycles. The summed E-state index contributed by atoms with van der Waals surface area (Å²) in [6.45, 7) is 6.26. The molecule has 1 saturated heterocycles. The van der Waals surface area contributed by atoms with E-state index >= 15 is 0 Å². The van der Waals surface area contributed by atoms with Crippen molar-refractivity contribution in [3.05, 3.63) is 0 Å². The van der Waals surface area contributed by atoms with E-state index in [2.05, 4.69) is 17.1 Å². The molecular weight excluding hydrogens is 238 g/mol. The number of nitrogens with one attached hydrogen (secondary N) is 1. The van der Waals surface area contributed by atoms with Gasteiger partial charge in [-0.3, -0.25) is 0 Å². The first-order valence-corrected chi connectivity index (χ1v) is 8.13. The zero-order chi connectivity index (χ0) is 12.9. The van der Waals surface area contributed by atoms with Gasteiger partial charge in [0.1, 0.15) is 0 Å². The van der Waals surface area contributed by atoms with E-state index in [9.17, 15) is 8.42 Å². The molecule has 6 heteroatoms. The van der Waals surface area contributed by atoms with Gasteiger partial charge >= 0.3 is 0 Å². The van der Waals surface area contributed by atoms with Gasteiger partial charge in [-0.2, -0.15) is 4.31 Å². The van der Waals surface area contributed by atoms with Crippen LogP contribution in [0, 0.1) is 0 Å². The molecule has 102 valence electrons. The van der Waals surface area contributed by atoms with E-state index in [4.69, 9.17) is 0 Å². The Bertz CT molecular complexity index is 311. The number of piperazine rings is 1. The van der Waals surface area contributed by atoms with Gasteiger partial charge in [0.15, 0.2) is 0 Å². The lowest BCUT2D eigenvalue weighted by Gasteiger charge is -2.33. The number of hydrogen-bond acceptors (Lipinski definition) is 4. The molecule has 1 rings (SSSR count). The molecule has 0 spiro atoms. The number of rotatable bonds is 6. The molecule has 1 fully saturated rings. The first kappa shape index (κ1) is 14.9. The summed E-state index contributed by atoms with van der Waals surface area (Å²) >= 11 is 0. The van der Waals surface area contributed by atoms with Gasteiger partial charge in [-0.05, 0) is 33.4 Å². The summed E-state index contributed by atoms with van der Waals surface area (Å²) in [5, 5.41) is 3.22. The topological polar surface area (TPSA) is 52.6 Å². The fraction of sp³-hybridized carbons (Fsp3) is 1.00. The molecular formula is C11H25N3O2S. The third kappa shape index (κ3) is 5.33. The molecule has 0 radical (unpaired) electrons. The molecule has 1 N–H and O–H groups in total. The van der Waals surface area contributed by atoms with Gasteiger partial charge in [0.2, 0.25) is 10.0 Å². The molecule has 0 aromatic heterocycles. The first-order chi connectivity index (χ1) is 7.93. The van der Waals surface area contributed by atoms with Crippen molar-refractivity contribution in [3.8, 4) is 0 Å². The minimum atomic E-state index is -2.99. The van der Waals surface area contributed by atoms with Gasteiger partial charge in [-0.25, -0.2) is 8.42 Å². The maximum atomic E-state index is 11.3. The van der Waals surface area contributed by atoms with E-state index in [1.807, 2.05) is 7.05 Å². The Labute approximate surface area is 105 Å². The largest absolute Gasteiger partial charge is 0.317 e. The predicted octanol–water partition coefficient (Wildman–Crippen LogP) is -0.0483. The Balaban J connectivity index is 2.19. The van der Waals surface area contributed by atoms with E-state index in [1.54, 1.807) is 4.31 Å². The first-order valence-electron chi connectivity index (χ1n) is 6.28. The van der Waals surface area contributed by atoms with Crippen LogP contribution in [0.15, 0.2) is 0 Å². The quantitative estimate of drug-likeness (QED) is 0.730. The van der Waals surface area contributed by atoms with Crippen LogP contribution in [0.4, 0.5) is 0 Å². The van der Waals surface area contributed by atoms with Gasteiger partial charge in [-0.15, -0.1) is 0 Å². The Morgan fingerprint density at radius 3 is 2.29 bits per heavy atom. The second-order valence-corrected chi connectivity index (χ2v) is 6.82. The standard InChI is InChI=1S/C11H25N3O2S/c1-11(12-2)5-4-6-13-7-9-14(10-8-13)17(3,15)16/h11-12H,4-10H2,1-3H3. The maximum Gasteiger partial charge on any atom is 0.211 e. The monoisotopic (exact) mass is 263 g/mol. The molecule has 1 aliphatic rings. The molecule has 5 nitrogen and oxygen atoms in total. The van der Waals surface area contributed by atoms with Crippen molar-refractivity contribution < 1.29 is 8.42 Å². The van der Waals surface area contributed by atoms with E-state index in [0.29, 0.717) is 19.1 Å². The SMILES string of the molecule is CNC(C)CCCN1CCN(S(C)(=O)=O)CC1. The highest BCUT2D eigenvalue weighted by atomic mass is 32.2. The second-order valence-electron chi connectivity index (χ2n) is 4.84. The lowest BCUT2D eigenvalue weighted by molar-refractivity contribution is 0.185. The third-order valence-electron chi connectivity index (χ3n) is 3.40. The molecule has 1 heterocycles. The van der Waals surface area contributed by atoms with Gasteiger partial charge in [0.25, 0.3) is 0 Å². The normalized spacial score (nSPS) is 21.6. The fourth-order valence-corrected chi connectivity index (χ4v) is 2.88. The predicted molar refractivity (Wildman–Crippen MR) is 70.6 cm³/mol. The van der Waals surface area contributed by atoms with Crippen LogP contribution in [0.1, 0.15) is 19.8 Å². The Hall–Kier alpha value is -0.170. The molecule has 1 unspecified atom stereocenters. The van der Waals surface area contributed by atoms with E-state index in [1.165, 1.54) is 19.1 Å². The Morgan fingerprint density at radius 1 is 1.24 bits per heavy atom. The summed E-state index contributed by atoms with van der Waals surface area (Å²) in [4.78, 5) is 2.35. The lowest BCUT2D eigenvalue weighted by Crippen LogP contribution is -2.48. The molecule has 0 aromatic carbocycles. The minimum Gasteiger partial charge on any atom is -0.317 e. The van der Waals surface area contributed by atoms with E-state index < -0.39 is 10.0 Å². The highest BCUT2D eigenvalue weighted by molar-refractivity contribution is 7.88. The summed E-state index contributed by atoms with van der Waals surface area (Å²) < 4.78 is 24.2. The number of hydrogen-bond donors (Lipinski definition) is 1. The molecule has 0 amide bonds. The van der Waals surface area contributed by atoms with Crippen molar-refractivity contribution in [2.24, 2.45) is 0 Å². The van der Waals surface area contributed by atoms with Crippen LogP contribution in [-0.2, 0) is 10.0 Å². The van der Waals surface area contributed by atoms with Crippen molar-refractivity contribution in [2.45, 2.75) is 25.8 Å². The van der Waals surface area contributed by atoms with Crippen molar-refractivity contribution in [3.63, 3.8) is 0 Å². The summed E-state index contributed by atoms with van der Waals surface area (Å²) in [5.41, 5.74) is 0.